The number of rotatable bonds is 4. The van der Waals surface area contributed by atoms with Gasteiger partial charge in [-0.3, -0.25) is 4.79 Å². The number of carboxylic acid groups (broad SMARTS) is 1. The van der Waals surface area contributed by atoms with E-state index in [4.69, 9.17) is 17.3 Å². The maximum absolute atomic E-state index is 10.6. The molecule has 1 aromatic rings. The molecule has 3 nitrogen and oxygen atoms in total. The lowest BCUT2D eigenvalue weighted by Crippen LogP contribution is -2.22. The average Bonchev–Trinajstić information content (AvgIpc) is 2.27. The molecule has 0 fully saturated rings. The van der Waals surface area contributed by atoms with Gasteiger partial charge in [0, 0.05) is 6.54 Å². The highest BCUT2D eigenvalue weighted by molar-refractivity contribution is 8.23. The summed E-state index contributed by atoms with van der Waals surface area (Å²) in [4.78, 5) is 10.6. The monoisotopic (exact) mass is 255 g/mol. The average molecular weight is 255 g/mol. The van der Waals surface area contributed by atoms with Gasteiger partial charge in [0.25, 0.3) is 0 Å². The third-order valence-corrected chi connectivity index (χ3v) is 3.26. The number of hydrogen-bond acceptors (Lipinski definition) is 3. The number of hydrogen-bond donors (Lipinski definition) is 2. The molecule has 86 valence electrons. The van der Waals surface area contributed by atoms with Crippen LogP contribution in [0.5, 0.6) is 0 Å². The first-order valence-corrected chi connectivity index (χ1v) is 6.09. The van der Waals surface area contributed by atoms with Crippen molar-refractivity contribution in [3.8, 4) is 0 Å². The molecule has 0 radical (unpaired) electrons. The smallest absolute Gasteiger partial charge is 0.316 e. The lowest BCUT2D eigenvalue weighted by Gasteiger charge is -2.09. The van der Waals surface area contributed by atoms with Crippen molar-refractivity contribution in [3.05, 3.63) is 35.9 Å². The van der Waals surface area contributed by atoms with Crippen molar-refractivity contribution in [2.45, 2.75) is 18.7 Å². The SMILES string of the molecule is CC(SC(=S)NCc1ccccc1)C(=O)O. The van der Waals surface area contributed by atoms with Crippen molar-refractivity contribution < 1.29 is 9.90 Å². The van der Waals surface area contributed by atoms with E-state index in [1.54, 1.807) is 6.92 Å². The van der Waals surface area contributed by atoms with E-state index in [0.29, 0.717) is 10.9 Å². The van der Waals surface area contributed by atoms with Crippen LogP contribution in [0.2, 0.25) is 0 Å². The van der Waals surface area contributed by atoms with Crippen LogP contribution in [0, 0.1) is 0 Å². The molecule has 1 atom stereocenters. The Labute approximate surface area is 104 Å². The van der Waals surface area contributed by atoms with Crippen molar-refractivity contribution in [1.29, 1.82) is 0 Å². The topological polar surface area (TPSA) is 49.3 Å². The van der Waals surface area contributed by atoms with Crippen LogP contribution in [0.3, 0.4) is 0 Å². The van der Waals surface area contributed by atoms with Gasteiger partial charge in [0.05, 0.1) is 0 Å². The van der Waals surface area contributed by atoms with Gasteiger partial charge in [0.15, 0.2) is 0 Å². The van der Waals surface area contributed by atoms with Gasteiger partial charge >= 0.3 is 5.97 Å². The minimum Gasteiger partial charge on any atom is -0.480 e. The molecular formula is C11H13NO2S2. The Balaban J connectivity index is 2.33. The minimum absolute atomic E-state index is 0.513. The van der Waals surface area contributed by atoms with Crippen molar-refractivity contribution in [2.24, 2.45) is 0 Å². The Hall–Kier alpha value is -1.07. The molecule has 1 aromatic carbocycles. The third kappa shape index (κ3) is 4.63. The minimum atomic E-state index is -0.853. The van der Waals surface area contributed by atoms with Gasteiger partial charge in [0.1, 0.15) is 9.57 Å². The largest absolute Gasteiger partial charge is 0.480 e. The standard InChI is InChI=1S/C11H13NO2S2/c1-8(10(13)14)16-11(15)12-7-9-5-3-2-4-6-9/h2-6,8H,7H2,1H3,(H,12,15)(H,13,14). The van der Waals surface area contributed by atoms with Gasteiger partial charge in [-0.25, -0.2) is 0 Å². The molecular weight excluding hydrogens is 242 g/mol. The normalized spacial score (nSPS) is 11.8. The molecule has 1 rings (SSSR count). The lowest BCUT2D eigenvalue weighted by atomic mass is 10.2. The number of aliphatic carboxylic acids is 1. The van der Waals surface area contributed by atoms with Gasteiger partial charge in [-0.15, -0.1) is 0 Å². The second-order valence-electron chi connectivity index (χ2n) is 3.22. The summed E-state index contributed by atoms with van der Waals surface area (Å²) < 4.78 is 0.513. The molecule has 0 bridgehead atoms. The molecule has 0 aliphatic heterocycles. The summed E-state index contributed by atoms with van der Waals surface area (Å²) in [7, 11) is 0. The Kier molecular flexibility index (Phi) is 5.28. The lowest BCUT2D eigenvalue weighted by molar-refractivity contribution is -0.136. The van der Waals surface area contributed by atoms with Crippen LogP contribution in [-0.4, -0.2) is 20.6 Å². The van der Waals surface area contributed by atoms with E-state index < -0.39 is 11.2 Å². The van der Waals surface area contributed by atoms with E-state index >= 15 is 0 Å². The molecule has 0 saturated carbocycles. The quantitative estimate of drug-likeness (QED) is 0.808. The number of thiocarbonyl (C=S) groups is 1. The molecule has 16 heavy (non-hydrogen) atoms. The summed E-state index contributed by atoms with van der Waals surface area (Å²) in [6, 6.07) is 9.82. The maximum Gasteiger partial charge on any atom is 0.316 e. The summed E-state index contributed by atoms with van der Waals surface area (Å²) in [6.45, 7) is 2.24. The highest BCUT2D eigenvalue weighted by Gasteiger charge is 2.13. The highest BCUT2D eigenvalue weighted by atomic mass is 32.2. The first-order valence-electron chi connectivity index (χ1n) is 4.81. The predicted molar refractivity (Wildman–Crippen MR) is 70.6 cm³/mol. The molecule has 1 unspecified atom stereocenters. The first kappa shape index (κ1) is 13.0. The fourth-order valence-electron chi connectivity index (χ4n) is 1.02. The summed E-state index contributed by atoms with van der Waals surface area (Å²) in [6.07, 6.45) is 0. The highest BCUT2D eigenvalue weighted by Crippen LogP contribution is 2.12. The van der Waals surface area contributed by atoms with Gasteiger partial charge in [-0.1, -0.05) is 54.3 Å². The fraction of sp³-hybridized carbons (Fsp3) is 0.273. The van der Waals surface area contributed by atoms with Crippen LogP contribution in [0.1, 0.15) is 12.5 Å². The number of thioether (sulfide) groups is 1. The van der Waals surface area contributed by atoms with E-state index in [2.05, 4.69) is 5.32 Å². The van der Waals surface area contributed by atoms with Crippen LogP contribution in [-0.2, 0) is 11.3 Å². The number of benzene rings is 1. The second-order valence-corrected chi connectivity index (χ2v) is 5.24. The third-order valence-electron chi connectivity index (χ3n) is 1.91. The van der Waals surface area contributed by atoms with Gasteiger partial charge in [0.2, 0.25) is 0 Å². The first-order chi connectivity index (χ1) is 7.59. The summed E-state index contributed by atoms with van der Waals surface area (Å²) in [5, 5.41) is 11.2. The van der Waals surface area contributed by atoms with Gasteiger partial charge in [-0.05, 0) is 12.5 Å². The van der Waals surface area contributed by atoms with Crippen molar-refractivity contribution in [1.82, 2.24) is 5.32 Å². The van der Waals surface area contributed by atoms with Crippen LogP contribution in [0.15, 0.2) is 30.3 Å². The van der Waals surface area contributed by atoms with Crippen molar-refractivity contribution in [3.63, 3.8) is 0 Å². The predicted octanol–water partition coefficient (Wildman–Crippen LogP) is 2.27. The Morgan fingerprint density at radius 2 is 2.12 bits per heavy atom. The number of carboxylic acids is 1. The molecule has 0 spiro atoms. The van der Waals surface area contributed by atoms with Crippen molar-refractivity contribution in [2.75, 3.05) is 0 Å². The van der Waals surface area contributed by atoms with E-state index in [-0.39, 0.29) is 0 Å². The van der Waals surface area contributed by atoms with Crippen LogP contribution >= 0.6 is 24.0 Å². The van der Waals surface area contributed by atoms with Crippen molar-refractivity contribution >= 4 is 34.3 Å². The van der Waals surface area contributed by atoms with Crippen LogP contribution in [0.25, 0.3) is 0 Å². The van der Waals surface area contributed by atoms with E-state index in [0.717, 1.165) is 17.3 Å². The van der Waals surface area contributed by atoms with Crippen LogP contribution < -0.4 is 5.32 Å². The summed E-state index contributed by atoms with van der Waals surface area (Å²) in [5.41, 5.74) is 1.12. The van der Waals surface area contributed by atoms with Gasteiger partial charge < -0.3 is 10.4 Å². The molecule has 5 heteroatoms. The molecule has 0 heterocycles. The summed E-state index contributed by atoms with van der Waals surface area (Å²) in [5.74, 6) is -0.853. The zero-order valence-corrected chi connectivity index (χ0v) is 10.5. The molecule has 0 amide bonds. The summed E-state index contributed by atoms with van der Waals surface area (Å²) >= 11 is 6.18. The molecule has 0 aromatic heterocycles. The number of nitrogens with one attached hydrogen (secondary N) is 1. The fourth-order valence-corrected chi connectivity index (χ4v) is 2.11. The molecule has 2 N–H and O–H groups in total. The second kappa shape index (κ2) is 6.50. The van der Waals surface area contributed by atoms with Crippen LogP contribution in [0.4, 0.5) is 0 Å². The Morgan fingerprint density at radius 1 is 1.50 bits per heavy atom. The molecule has 0 aliphatic carbocycles. The Bertz CT molecular complexity index is 368. The van der Waals surface area contributed by atoms with E-state index in [1.165, 1.54) is 0 Å². The Morgan fingerprint density at radius 3 is 2.69 bits per heavy atom. The molecule has 0 aliphatic rings. The van der Waals surface area contributed by atoms with E-state index in [9.17, 15) is 4.79 Å². The molecule has 0 saturated heterocycles. The maximum atomic E-state index is 10.6. The van der Waals surface area contributed by atoms with E-state index in [1.807, 2.05) is 30.3 Å². The number of carbonyl (C=O) groups is 1. The zero-order valence-electron chi connectivity index (χ0n) is 8.84. The van der Waals surface area contributed by atoms with Gasteiger partial charge in [-0.2, -0.15) is 0 Å². The zero-order chi connectivity index (χ0) is 12.0.